The van der Waals surface area contributed by atoms with Crippen molar-refractivity contribution in [3.05, 3.63) is 204 Å². The Balaban J connectivity index is 1.25. The van der Waals surface area contributed by atoms with Crippen LogP contribution in [0.4, 0.5) is 0 Å². The van der Waals surface area contributed by atoms with Crippen LogP contribution in [-0.2, 0) is 5.41 Å². The summed E-state index contributed by atoms with van der Waals surface area (Å²) in [5.41, 5.74) is 13.6. The molecule has 0 saturated carbocycles. The van der Waals surface area contributed by atoms with Crippen molar-refractivity contribution in [3.8, 4) is 67.7 Å². The fourth-order valence-corrected chi connectivity index (χ4v) is 8.04. The van der Waals surface area contributed by atoms with Gasteiger partial charge in [-0.3, -0.25) is 0 Å². The van der Waals surface area contributed by atoms with E-state index in [0.29, 0.717) is 5.82 Å². The zero-order valence-electron chi connectivity index (χ0n) is 27.1. The normalized spacial score (nSPS) is 13.1. The van der Waals surface area contributed by atoms with E-state index in [-0.39, 0.29) is 0 Å². The van der Waals surface area contributed by atoms with Gasteiger partial charge in [0, 0.05) is 27.8 Å². The first-order valence-corrected chi connectivity index (χ1v) is 17.0. The molecule has 0 fully saturated rings. The van der Waals surface area contributed by atoms with Crippen molar-refractivity contribution in [2.24, 2.45) is 0 Å². The molecule has 1 aromatic heterocycles. The van der Waals surface area contributed by atoms with Crippen molar-refractivity contribution in [1.29, 1.82) is 0 Å². The Kier molecular flexibility index (Phi) is 6.40. The molecule has 0 atom stereocenters. The van der Waals surface area contributed by atoms with Gasteiger partial charge in [-0.15, -0.1) is 0 Å². The second-order valence-corrected chi connectivity index (χ2v) is 12.9. The average Bonchev–Trinajstić information content (AvgIpc) is 3.49. The molecule has 7 aromatic carbocycles. The molecular formula is C47H30N2O. The topological polar surface area (TPSA) is 35.0 Å². The van der Waals surface area contributed by atoms with Crippen LogP contribution >= 0.6 is 0 Å². The highest BCUT2D eigenvalue weighted by atomic mass is 16.5. The summed E-state index contributed by atoms with van der Waals surface area (Å²) in [6.07, 6.45) is 0. The smallest absolute Gasteiger partial charge is 0.160 e. The molecule has 0 unspecified atom stereocenters. The monoisotopic (exact) mass is 638 g/mol. The van der Waals surface area contributed by atoms with E-state index in [4.69, 9.17) is 14.7 Å². The minimum atomic E-state index is -0.627. The van der Waals surface area contributed by atoms with Gasteiger partial charge in [0.25, 0.3) is 0 Å². The molecule has 1 aliphatic heterocycles. The van der Waals surface area contributed by atoms with Crippen LogP contribution in [0.5, 0.6) is 11.5 Å². The fraction of sp³-hybridized carbons (Fsp3) is 0.0213. The maximum Gasteiger partial charge on any atom is 0.160 e. The number of fused-ring (bicyclic) bond motifs is 9. The van der Waals surface area contributed by atoms with Crippen LogP contribution in [0.25, 0.3) is 56.2 Å². The molecular weight excluding hydrogens is 609 g/mol. The number of benzene rings is 7. The molecule has 8 aromatic rings. The van der Waals surface area contributed by atoms with Gasteiger partial charge in [-0.2, -0.15) is 0 Å². The van der Waals surface area contributed by atoms with E-state index < -0.39 is 5.41 Å². The highest BCUT2D eigenvalue weighted by Gasteiger charge is 2.52. The van der Waals surface area contributed by atoms with Crippen LogP contribution in [0.1, 0.15) is 22.3 Å². The van der Waals surface area contributed by atoms with Crippen LogP contribution in [0.3, 0.4) is 0 Å². The van der Waals surface area contributed by atoms with Crippen molar-refractivity contribution in [2.45, 2.75) is 5.41 Å². The Morgan fingerprint density at radius 2 is 0.820 bits per heavy atom. The maximum absolute atomic E-state index is 6.60. The predicted octanol–water partition coefficient (Wildman–Crippen LogP) is 11.6. The molecule has 2 heterocycles. The highest BCUT2D eigenvalue weighted by molar-refractivity contribution is 5.93. The van der Waals surface area contributed by atoms with E-state index in [1.165, 1.54) is 33.4 Å². The van der Waals surface area contributed by atoms with Crippen LogP contribution in [-0.4, -0.2) is 9.97 Å². The summed E-state index contributed by atoms with van der Waals surface area (Å²) in [6, 6.07) is 64.0. The van der Waals surface area contributed by atoms with Gasteiger partial charge in [0.1, 0.15) is 11.5 Å². The van der Waals surface area contributed by atoms with Crippen molar-refractivity contribution in [1.82, 2.24) is 9.97 Å². The number of ether oxygens (including phenoxy) is 1. The third-order valence-electron chi connectivity index (χ3n) is 10.2. The highest BCUT2D eigenvalue weighted by Crippen LogP contribution is 2.63. The van der Waals surface area contributed by atoms with Gasteiger partial charge < -0.3 is 4.74 Å². The predicted molar refractivity (Wildman–Crippen MR) is 201 cm³/mol. The second-order valence-electron chi connectivity index (χ2n) is 12.9. The summed E-state index contributed by atoms with van der Waals surface area (Å²) in [4.78, 5) is 10.7. The molecule has 0 radical (unpaired) electrons. The van der Waals surface area contributed by atoms with E-state index >= 15 is 0 Å². The molecule has 1 aliphatic carbocycles. The van der Waals surface area contributed by atoms with Crippen LogP contribution in [0.2, 0.25) is 0 Å². The summed E-state index contributed by atoms with van der Waals surface area (Å²) >= 11 is 0. The molecule has 2 aliphatic rings. The lowest BCUT2D eigenvalue weighted by Crippen LogP contribution is -2.32. The van der Waals surface area contributed by atoms with E-state index in [9.17, 15) is 0 Å². The Morgan fingerprint density at radius 3 is 1.48 bits per heavy atom. The molecule has 1 spiro atoms. The van der Waals surface area contributed by atoms with Crippen LogP contribution < -0.4 is 4.74 Å². The van der Waals surface area contributed by atoms with Crippen LogP contribution in [0, 0.1) is 0 Å². The lowest BCUT2D eigenvalue weighted by Gasteiger charge is -2.40. The Morgan fingerprint density at radius 1 is 0.360 bits per heavy atom. The molecule has 0 bridgehead atoms. The second kappa shape index (κ2) is 11.3. The number of hydrogen-bond donors (Lipinski definition) is 0. The summed E-state index contributed by atoms with van der Waals surface area (Å²) in [5, 5.41) is 0. The number of para-hydroxylation sites is 2. The Hall–Kier alpha value is -6.58. The molecule has 10 rings (SSSR count). The lowest BCUT2D eigenvalue weighted by atomic mass is 9.65. The van der Waals surface area contributed by atoms with Gasteiger partial charge in [-0.25, -0.2) is 9.97 Å². The molecule has 0 amide bonds. The first-order chi connectivity index (χ1) is 24.8. The summed E-state index contributed by atoms with van der Waals surface area (Å²) < 4.78 is 6.60. The lowest BCUT2D eigenvalue weighted by molar-refractivity contribution is 0.436. The molecule has 0 N–H and O–H groups in total. The number of aromatic nitrogens is 2. The largest absolute Gasteiger partial charge is 0.457 e. The molecule has 3 heteroatoms. The van der Waals surface area contributed by atoms with E-state index in [2.05, 4.69) is 170 Å². The molecule has 0 saturated heterocycles. The minimum Gasteiger partial charge on any atom is -0.457 e. The average molecular weight is 639 g/mol. The standard InChI is InChI=1S/C47H30N2O/c1-3-14-31(15-4-1)32-26-28-34(29-27-32)42-30-41(33-16-5-2-6-17-33)48-46(49-42)37-20-13-19-36-35-18-7-8-21-38(35)47(45(36)37)39-22-9-11-24-43(39)50-44-25-12-10-23-40(44)47/h1-30H. The van der Waals surface area contributed by atoms with E-state index in [1.54, 1.807) is 0 Å². The van der Waals surface area contributed by atoms with Gasteiger partial charge in [-0.05, 0) is 51.6 Å². The fourth-order valence-electron chi connectivity index (χ4n) is 8.04. The van der Waals surface area contributed by atoms with E-state index in [1.807, 2.05) is 12.1 Å². The third kappa shape index (κ3) is 4.23. The number of nitrogens with zero attached hydrogens (tertiary/aromatic N) is 2. The summed E-state index contributed by atoms with van der Waals surface area (Å²) in [5.74, 6) is 2.42. The first-order valence-electron chi connectivity index (χ1n) is 17.0. The zero-order valence-corrected chi connectivity index (χ0v) is 27.1. The van der Waals surface area contributed by atoms with Crippen LogP contribution in [0.15, 0.2) is 182 Å². The Labute approximate surface area is 291 Å². The van der Waals surface area contributed by atoms with Gasteiger partial charge in [0.2, 0.25) is 0 Å². The molecule has 50 heavy (non-hydrogen) atoms. The summed E-state index contributed by atoms with van der Waals surface area (Å²) in [7, 11) is 0. The van der Waals surface area contributed by atoms with Gasteiger partial charge >= 0.3 is 0 Å². The minimum absolute atomic E-state index is 0.627. The van der Waals surface area contributed by atoms with E-state index in [0.717, 1.165) is 50.7 Å². The number of hydrogen-bond acceptors (Lipinski definition) is 3. The molecule has 234 valence electrons. The first kappa shape index (κ1) is 28.4. The van der Waals surface area contributed by atoms with Gasteiger partial charge in [0.15, 0.2) is 5.82 Å². The summed E-state index contributed by atoms with van der Waals surface area (Å²) in [6.45, 7) is 0. The van der Waals surface area contributed by atoms with Crippen molar-refractivity contribution in [3.63, 3.8) is 0 Å². The SMILES string of the molecule is c1ccc(-c2ccc(-c3cc(-c4ccccc4)nc(-c4cccc5c4C4(c6ccccc6Oc6ccccc64)c4ccccc4-5)n3)cc2)cc1. The van der Waals surface area contributed by atoms with Gasteiger partial charge in [-0.1, -0.05) is 164 Å². The Bertz CT molecular complexity index is 2510. The van der Waals surface area contributed by atoms with Gasteiger partial charge in [0.05, 0.1) is 16.8 Å². The quantitative estimate of drug-likeness (QED) is 0.192. The van der Waals surface area contributed by atoms with Crippen molar-refractivity contribution < 1.29 is 4.74 Å². The maximum atomic E-state index is 6.60. The van der Waals surface area contributed by atoms with Crippen molar-refractivity contribution in [2.75, 3.05) is 0 Å². The molecule has 3 nitrogen and oxygen atoms in total. The zero-order chi connectivity index (χ0) is 33.1. The third-order valence-corrected chi connectivity index (χ3v) is 10.2. The van der Waals surface area contributed by atoms with Crippen molar-refractivity contribution >= 4 is 0 Å². The number of rotatable bonds is 4.